The number of nitrogens with zero attached hydrogens (tertiary/aromatic N) is 1. The fourth-order valence-electron chi connectivity index (χ4n) is 5.99. The van der Waals surface area contributed by atoms with E-state index in [1.165, 1.54) is 22.7 Å². The van der Waals surface area contributed by atoms with Crippen molar-refractivity contribution in [3.8, 4) is 5.75 Å². The van der Waals surface area contributed by atoms with Crippen LogP contribution in [-0.2, 0) is 16.0 Å². The lowest BCUT2D eigenvalue weighted by atomic mass is 9.94. The Kier molecular flexibility index (Phi) is 10.9. The molecule has 6 N–H and O–H groups in total. The number of aryl methyl sites for hydroxylation is 1. The summed E-state index contributed by atoms with van der Waals surface area (Å²) in [5.74, 6) is -2.53. The van der Waals surface area contributed by atoms with Crippen molar-refractivity contribution >= 4 is 35.5 Å². The maximum Gasteiger partial charge on any atom is 0.327 e. The maximum atomic E-state index is 13.5. The van der Waals surface area contributed by atoms with Gasteiger partial charge in [-0.2, -0.15) is 0 Å². The van der Waals surface area contributed by atoms with E-state index in [0.717, 1.165) is 36.8 Å². The van der Waals surface area contributed by atoms with Gasteiger partial charge in [-0.15, -0.1) is 11.8 Å². The number of carbonyl (C=O) groups is 4. The van der Waals surface area contributed by atoms with Gasteiger partial charge in [-0.3, -0.25) is 14.4 Å². The number of thioether (sulfide) groups is 1. The molecule has 1 spiro atoms. The summed E-state index contributed by atoms with van der Waals surface area (Å²) in [6.07, 6.45) is 1.79. The quantitative estimate of drug-likeness (QED) is 0.249. The third-order valence-corrected chi connectivity index (χ3v) is 10.1. The number of amides is 3. The van der Waals surface area contributed by atoms with E-state index in [1.807, 2.05) is 49.4 Å². The van der Waals surface area contributed by atoms with Crippen molar-refractivity contribution in [2.75, 3.05) is 5.88 Å². The van der Waals surface area contributed by atoms with E-state index in [9.17, 15) is 34.5 Å². The van der Waals surface area contributed by atoms with Crippen LogP contribution in [0.4, 0.5) is 0 Å². The zero-order valence-corrected chi connectivity index (χ0v) is 26.1. The standard InChI is InChI=1S/C26H30N2O6S.C8H9NO/c1-16-18(10-7-11-20(16)29)23(31)27-19(14-17-8-3-2-4-9-17)21(30)24(32)28-15-35-26(12-5-6-13-26)22(28)25(33)34;1-6-4-2-3-5-7(6)8(9)10/h2-4,7-11,19,21-22,29-30H,5-6,12-15H2,1H3,(H,27,31)(H,33,34);2-5H,1H3,(H2,9,10). The number of carbonyl (C=O) groups excluding carboxylic acids is 3. The molecule has 5 rings (SSSR count). The van der Waals surface area contributed by atoms with Gasteiger partial charge in [0.2, 0.25) is 5.91 Å². The van der Waals surface area contributed by atoms with Crippen molar-refractivity contribution in [2.45, 2.75) is 68.9 Å². The summed E-state index contributed by atoms with van der Waals surface area (Å²) in [6, 6.07) is 19.0. The summed E-state index contributed by atoms with van der Waals surface area (Å²) in [5, 5.41) is 33.9. The predicted octanol–water partition coefficient (Wildman–Crippen LogP) is 3.80. The summed E-state index contributed by atoms with van der Waals surface area (Å²) < 4.78 is -0.530. The van der Waals surface area contributed by atoms with Gasteiger partial charge in [-0.25, -0.2) is 4.79 Å². The molecule has 3 unspecified atom stereocenters. The predicted molar refractivity (Wildman–Crippen MR) is 172 cm³/mol. The number of nitrogens with two attached hydrogens (primary N) is 1. The van der Waals surface area contributed by atoms with Crippen LogP contribution >= 0.6 is 11.8 Å². The van der Waals surface area contributed by atoms with Gasteiger partial charge in [-0.1, -0.05) is 67.4 Å². The first-order valence-corrected chi connectivity index (χ1v) is 15.8. The number of carboxylic acids is 1. The molecule has 0 radical (unpaired) electrons. The molecule has 1 saturated carbocycles. The van der Waals surface area contributed by atoms with Gasteiger partial charge in [0.05, 0.1) is 11.9 Å². The number of rotatable bonds is 8. The number of phenols is 1. The Morgan fingerprint density at radius 1 is 0.956 bits per heavy atom. The summed E-state index contributed by atoms with van der Waals surface area (Å²) in [5.41, 5.74) is 8.02. The number of hydrogen-bond donors (Lipinski definition) is 5. The average Bonchev–Trinajstić information content (AvgIpc) is 3.65. The Bertz CT molecular complexity index is 1540. The fraction of sp³-hybridized carbons (Fsp3) is 0.353. The van der Waals surface area contributed by atoms with Crippen LogP contribution in [0.5, 0.6) is 5.75 Å². The van der Waals surface area contributed by atoms with E-state index < -0.39 is 40.7 Å². The molecular formula is C34H39N3O7S. The van der Waals surface area contributed by atoms with Crippen molar-refractivity contribution < 1.29 is 34.5 Å². The van der Waals surface area contributed by atoms with Crippen molar-refractivity contribution in [2.24, 2.45) is 5.73 Å². The maximum absolute atomic E-state index is 13.5. The second-order valence-electron chi connectivity index (χ2n) is 11.4. The number of hydrogen-bond acceptors (Lipinski definition) is 7. The summed E-state index contributed by atoms with van der Waals surface area (Å²) >= 11 is 1.47. The van der Waals surface area contributed by atoms with Gasteiger partial charge in [-0.05, 0) is 62.4 Å². The first-order chi connectivity index (χ1) is 21.4. The summed E-state index contributed by atoms with van der Waals surface area (Å²) in [7, 11) is 0. The second-order valence-corrected chi connectivity index (χ2v) is 12.8. The molecule has 2 fully saturated rings. The molecule has 0 aromatic heterocycles. The van der Waals surface area contributed by atoms with E-state index in [2.05, 4.69) is 5.32 Å². The zero-order valence-electron chi connectivity index (χ0n) is 25.3. The first kappa shape index (κ1) is 33.5. The molecule has 1 heterocycles. The fourth-order valence-corrected chi connectivity index (χ4v) is 7.63. The Hall–Kier alpha value is -4.35. The van der Waals surface area contributed by atoms with E-state index in [4.69, 9.17) is 5.73 Å². The third-order valence-electron chi connectivity index (χ3n) is 8.48. The van der Waals surface area contributed by atoms with Crippen LogP contribution in [-0.4, -0.2) is 72.7 Å². The van der Waals surface area contributed by atoms with E-state index in [0.29, 0.717) is 11.1 Å². The lowest BCUT2D eigenvalue weighted by Crippen LogP contribution is -2.57. The number of aliphatic hydroxyl groups excluding tert-OH is 1. The highest BCUT2D eigenvalue weighted by molar-refractivity contribution is 8.01. The molecule has 1 aliphatic heterocycles. The minimum absolute atomic E-state index is 0.0332. The van der Waals surface area contributed by atoms with E-state index in [1.54, 1.807) is 31.2 Å². The molecule has 3 aromatic rings. The minimum Gasteiger partial charge on any atom is -0.508 e. The molecule has 1 saturated heterocycles. The molecule has 45 heavy (non-hydrogen) atoms. The number of aliphatic carboxylic acids is 1. The Labute approximate surface area is 266 Å². The van der Waals surface area contributed by atoms with Gasteiger partial charge >= 0.3 is 5.97 Å². The van der Waals surface area contributed by atoms with E-state index in [-0.39, 0.29) is 29.5 Å². The number of aliphatic hydroxyl groups is 1. The molecule has 0 bridgehead atoms. The van der Waals surface area contributed by atoms with Crippen LogP contribution < -0.4 is 11.1 Å². The molecule has 2 aliphatic rings. The van der Waals surface area contributed by atoms with Crippen LogP contribution in [0.25, 0.3) is 0 Å². The van der Waals surface area contributed by atoms with Gasteiger partial charge in [0, 0.05) is 21.4 Å². The minimum atomic E-state index is -1.64. The second kappa shape index (κ2) is 14.6. The van der Waals surface area contributed by atoms with Gasteiger partial charge < -0.3 is 31.3 Å². The number of carboxylic acid groups (broad SMARTS) is 1. The Morgan fingerprint density at radius 2 is 1.58 bits per heavy atom. The summed E-state index contributed by atoms with van der Waals surface area (Å²) in [4.78, 5) is 50.7. The summed E-state index contributed by atoms with van der Waals surface area (Å²) in [6.45, 7) is 3.47. The highest BCUT2D eigenvalue weighted by atomic mass is 32.2. The molecule has 10 nitrogen and oxygen atoms in total. The van der Waals surface area contributed by atoms with Gasteiger partial charge in [0.1, 0.15) is 11.8 Å². The largest absolute Gasteiger partial charge is 0.508 e. The molecule has 3 aromatic carbocycles. The van der Waals surface area contributed by atoms with Crippen molar-refractivity contribution in [3.05, 3.63) is 101 Å². The topological polar surface area (TPSA) is 170 Å². The normalized spacial score (nSPS) is 18.0. The molecule has 238 valence electrons. The molecule has 3 amide bonds. The van der Waals surface area contributed by atoms with Crippen LogP contribution in [0.15, 0.2) is 72.8 Å². The third kappa shape index (κ3) is 7.66. The van der Waals surface area contributed by atoms with Crippen LogP contribution in [0.1, 0.15) is 63.1 Å². The monoisotopic (exact) mass is 633 g/mol. The van der Waals surface area contributed by atoms with Crippen molar-refractivity contribution in [3.63, 3.8) is 0 Å². The zero-order chi connectivity index (χ0) is 32.7. The molecule has 11 heteroatoms. The molecule has 1 aliphatic carbocycles. The SMILES string of the molecule is Cc1c(O)cccc1C(=O)NC(Cc1ccccc1)C(O)C(=O)N1CSC2(CCCC2)C1C(=O)O.Cc1ccccc1C(N)=O. The molecule has 3 atom stereocenters. The number of aromatic hydroxyl groups is 1. The average molecular weight is 634 g/mol. The van der Waals surface area contributed by atoms with E-state index >= 15 is 0 Å². The number of benzene rings is 3. The lowest BCUT2D eigenvalue weighted by Gasteiger charge is -2.33. The van der Waals surface area contributed by atoms with Crippen molar-refractivity contribution in [1.82, 2.24) is 10.2 Å². The number of nitrogens with one attached hydrogen (secondary N) is 1. The van der Waals surface area contributed by atoms with Crippen LogP contribution in [0.3, 0.4) is 0 Å². The van der Waals surface area contributed by atoms with Crippen LogP contribution in [0, 0.1) is 13.8 Å². The Morgan fingerprint density at radius 3 is 2.18 bits per heavy atom. The van der Waals surface area contributed by atoms with Gasteiger partial charge in [0.25, 0.3) is 11.8 Å². The Balaban J connectivity index is 0.000000392. The molecular weight excluding hydrogens is 594 g/mol. The highest BCUT2D eigenvalue weighted by Gasteiger charge is 2.55. The highest BCUT2D eigenvalue weighted by Crippen LogP contribution is 2.51. The lowest BCUT2D eigenvalue weighted by molar-refractivity contribution is -0.154. The van der Waals surface area contributed by atoms with Gasteiger partial charge in [0.15, 0.2) is 6.10 Å². The number of primary amides is 1. The van der Waals surface area contributed by atoms with Crippen molar-refractivity contribution in [1.29, 1.82) is 0 Å². The number of phenolic OH excluding ortho intramolecular Hbond substituents is 1. The van der Waals surface area contributed by atoms with Crippen LogP contribution in [0.2, 0.25) is 0 Å². The smallest absolute Gasteiger partial charge is 0.327 e. The first-order valence-electron chi connectivity index (χ1n) is 14.8.